The maximum atomic E-state index is 12.4. The van der Waals surface area contributed by atoms with E-state index >= 15 is 0 Å². The number of hydrogen-bond donors (Lipinski definition) is 1. The highest BCUT2D eigenvalue weighted by molar-refractivity contribution is 6.37. The maximum absolute atomic E-state index is 12.4. The molecule has 0 aliphatic carbocycles. The number of alkyl halides is 1. The van der Waals surface area contributed by atoms with Crippen LogP contribution in [0.5, 0.6) is 0 Å². The van der Waals surface area contributed by atoms with Gasteiger partial charge in [-0.1, -0.05) is 30.1 Å². The molecule has 0 unspecified atom stereocenters. The van der Waals surface area contributed by atoms with E-state index in [4.69, 9.17) is 34.8 Å². The molecule has 20 heavy (non-hydrogen) atoms. The first kappa shape index (κ1) is 17.3. The Morgan fingerprint density at radius 3 is 2.35 bits per heavy atom. The van der Waals surface area contributed by atoms with E-state index in [0.717, 1.165) is 0 Å². The lowest BCUT2D eigenvalue weighted by Gasteiger charge is -2.27. The van der Waals surface area contributed by atoms with Crippen LogP contribution >= 0.6 is 34.8 Å². The van der Waals surface area contributed by atoms with Crippen LogP contribution < -0.4 is 5.32 Å². The highest BCUT2D eigenvalue weighted by Gasteiger charge is 2.33. The zero-order valence-electron chi connectivity index (χ0n) is 11.5. The van der Waals surface area contributed by atoms with Crippen LogP contribution in [0.1, 0.15) is 36.2 Å². The second kappa shape index (κ2) is 6.79. The highest BCUT2D eigenvalue weighted by atomic mass is 35.5. The molecule has 6 heteroatoms. The summed E-state index contributed by atoms with van der Waals surface area (Å²) in [4.78, 5) is 24.2. The van der Waals surface area contributed by atoms with Gasteiger partial charge >= 0.3 is 0 Å². The molecule has 1 N–H and O–H groups in total. The molecular formula is C14H16Cl3NO2. The molecule has 1 rings (SSSR count). The largest absolute Gasteiger partial charge is 0.340 e. The molecule has 1 atom stereocenters. The molecule has 0 aliphatic rings. The van der Waals surface area contributed by atoms with E-state index < -0.39 is 11.4 Å². The molecule has 0 aromatic heterocycles. The van der Waals surface area contributed by atoms with Crippen molar-refractivity contribution in [2.24, 2.45) is 0 Å². The van der Waals surface area contributed by atoms with Gasteiger partial charge in [-0.05, 0) is 38.0 Å². The second-order valence-electron chi connectivity index (χ2n) is 4.78. The fourth-order valence-electron chi connectivity index (χ4n) is 1.81. The number of benzene rings is 1. The van der Waals surface area contributed by atoms with Crippen LogP contribution in [0.3, 0.4) is 0 Å². The number of halogens is 3. The molecule has 0 fully saturated rings. The molecule has 0 bridgehead atoms. The lowest BCUT2D eigenvalue weighted by atomic mass is 9.93. The SMILES string of the molecule is CC[C@@](C)(NC(=O)c1c(C)cc(Cl)cc1Cl)C(=O)CCl. The van der Waals surface area contributed by atoms with Gasteiger partial charge in [0.2, 0.25) is 0 Å². The monoisotopic (exact) mass is 335 g/mol. The van der Waals surface area contributed by atoms with Gasteiger partial charge in [0.15, 0.2) is 5.78 Å². The number of nitrogens with one attached hydrogen (secondary N) is 1. The summed E-state index contributed by atoms with van der Waals surface area (Å²) in [5.74, 6) is -0.803. The smallest absolute Gasteiger partial charge is 0.253 e. The normalized spacial score (nSPS) is 13.7. The molecule has 1 aromatic rings. The Morgan fingerprint density at radius 2 is 1.90 bits per heavy atom. The average Bonchev–Trinajstić information content (AvgIpc) is 2.36. The summed E-state index contributed by atoms with van der Waals surface area (Å²) in [5, 5.41) is 3.42. The van der Waals surface area contributed by atoms with Crippen LogP contribution in [0.2, 0.25) is 10.0 Å². The van der Waals surface area contributed by atoms with Crippen LogP contribution in [-0.4, -0.2) is 23.1 Å². The first-order chi connectivity index (χ1) is 9.25. The van der Waals surface area contributed by atoms with Crippen molar-refractivity contribution in [3.8, 4) is 0 Å². The van der Waals surface area contributed by atoms with Crippen molar-refractivity contribution in [2.75, 3.05) is 5.88 Å². The Balaban J connectivity index is 3.11. The Morgan fingerprint density at radius 1 is 1.30 bits per heavy atom. The Labute approximate surface area is 133 Å². The number of hydrogen-bond acceptors (Lipinski definition) is 2. The van der Waals surface area contributed by atoms with Crippen molar-refractivity contribution in [3.05, 3.63) is 33.3 Å². The fraction of sp³-hybridized carbons (Fsp3) is 0.429. The van der Waals surface area contributed by atoms with E-state index in [9.17, 15) is 9.59 Å². The number of amides is 1. The third kappa shape index (κ3) is 3.66. The quantitative estimate of drug-likeness (QED) is 0.826. The number of aryl methyl sites for hydroxylation is 1. The molecule has 0 heterocycles. The van der Waals surface area contributed by atoms with Gasteiger partial charge < -0.3 is 5.32 Å². The van der Waals surface area contributed by atoms with Crippen LogP contribution in [0.15, 0.2) is 12.1 Å². The van der Waals surface area contributed by atoms with Gasteiger partial charge in [0.1, 0.15) is 0 Å². The molecule has 1 amide bonds. The zero-order valence-corrected chi connectivity index (χ0v) is 13.8. The van der Waals surface area contributed by atoms with Crippen LogP contribution in [-0.2, 0) is 4.79 Å². The van der Waals surface area contributed by atoms with Gasteiger partial charge in [-0.3, -0.25) is 9.59 Å². The summed E-state index contributed by atoms with van der Waals surface area (Å²) in [6.07, 6.45) is 0.439. The first-order valence-electron chi connectivity index (χ1n) is 6.12. The lowest BCUT2D eigenvalue weighted by molar-refractivity contribution is -0.122. The summed E-state index contributed by atoms with van der Waals surface area (Å²) < 4.78 is 0. The zero-order chi connectivity index (χ0) is 15.5. The van der Waals surface area contributed by atoms with E-state index in [0.29, 0.717) is 22.6 Å². The predicted octanol–water partition coefficient (Wildman–Crippen LogP) is 4.01. The second-order valence-corrected chi connectivity index (χ2v) is 5.89. The van der Waals surface area contributed by atoms with E-state index in [1.165, 1.54) is 6.07 Å². The maximum Gasteiger partial charge on any atom is 0.253 e. The first-order valence-corrected chi connectivity index (χ1v) is 7.41. The van der Waals surface area contributed by atoms with Crippen LogP contribution in [0.4, 0.5) is 0 Å². The fourth-order valence-corrected chi connectivity index (χ4v) is 2.78. The molecule has 3 nitrogen and oxygen atoms in total. The lowest BCUT2D eigenvalue weighted by Crippen LogP contribution is -2.52. The standard InChI is InChI=1S/C14H16Cl3NO2/c1-4-14(3,11(19)7-15)18-13(20)12-8(2)5-9(16)6-10(12)17/h5-6H,4,7H2,1-3H3,(H,18,20)/t14-/m1/s1. The Kier molecular flexibility index (Phi) is 5.87. The number of carbonyl (C=O) groups is 2. The Hall–Kier alpha value is -0.770. The predicted molar refractivity (Wildman–Crippen MR) is 83.1 cm³/mol. The van der Waals surface area contributed by atoms with Gasteiger partial charge in [0.25, 0.3) is 5.91 Å². The van der Waals surface area contributed by atoms with Crippen molar-refractivity contribution in [3.63, 3.8) is 0 Å². The number of rotatable bonds is 5. The van der Waals surface area contributed by atoms with E-state index in [-0.39, 0.29) is 16.7 Å². The van der Waals surface area contributed by atoms with Crippen molar-refractivity contribution in [1.29, 1.82) is 0 Å². The van der Waals surface area contributed by atoms with Crippen LogP contribution in [0, 0.1) is 6.92 Å². The third-order valence-corrected chi connectivity index (χ3v) is 4.07. The molecule has 0 spiro atoms. The minimum atomic E-state index is -1.01. The topological polar surface area (TPSA) is 46.2 Å². The molecule has 110 valence electrons. The van der Waals surface area contributed by atoms with E-state index in [1.807, 2.05) is 0 Å². The molecule has 0 saturated heterocycles. The Bertz CT molecular complexity index is 522. The average molecular weight is 337 g/mol. The molecular weight excluding hydrogens is 321 g/mol. The van der Waals surface area contributed by atoms with Gasteiger partial charge in [0, 0.05) is 5.02 Å². The third-order valence-electron chi connectivity index (χ3n) is 3.31. The van der Waals surface area contributed by atoms with Crippen LogP contribution in [0.25, 0.3) is 0 Å². The van der Waals surface area contributed by atoms with E-state index in [1.54, 1.807) is 26.8 Å². The van der Waals surface area contributed by atoms with Gasteiger partial charge in [0.05, 0.1) is 22.0 Å². The summed E-state index contributed by atoms with van der Waals surface area (Å²) in [6, 6.07) is 3.15. The summed E-state index contributed by atoms with van der Waals surface area (Å²) >= 11 is 17.5. The minimum Gasteiger partial charge on any atom is -0.340 e. The van der Waals surface area contributed by atoms with Gasteiger partial charge in [-0.15, -0.1) is 11.6 Å². The van der Waals surface area contributed by atoms with Crippen molar-refractivity contribution in [1.82, 2.24) is 5.32 Å². The molecule has 0 radical (unpaired) electrons. The highest BCUT2D eigenvalue weighted by Crippen LogP contribution is 2.26. The molecule has 0 aliphatic heterocycles. The van der Waals surface area contributed by atoms with Crippen molar-refractivity contribution >= 4 is 46.5 Å². The summed E-state index contributed by atoms with van der Waals surface area (Å²) in [7, 11) is 0. The van der Waals surface area contributed by atoms with Gasteiger partial charge in [-0.25, -0.2) is 0 Å². The molecule has 0 saturated carbocycles. The summed E-state index contributed by atoms with van der Waals surface area (Å²) in [6.45, 7) is 5.19. The number of ketones is 1. The summed E-state index contributed by atoms with van der Waals surface area (Å²) in [5.41, 5.74) is -0.0382. The van der Waals surface area contributed by atoms with E-state index in [2.05, 4.69) is 5.32 Å². The number of Topliss-reactive ketones (excluding diaryl/α,β-unsaturated/α-hetero) is 1. The van der Waals surface area contributed by atoms with Crippen molar-refractivity contribution in [2.45, 2.75) is 32.7 Å². The molecule has 1 aromatic carbocycles. The minimum absolute atomic E-state index is 0.155. The van der Waals surface area contributed by atoms with Gasteiger partial charge in [-0.2, -0.15) is 0 Å². The number of carbonyl (C=O) groups excluding carboxylic acids is 2. The van der Waals surface area contributed by atoms with Crippen molar-refractivity contribution < 1.29 is 9.59 Å².